The number of H-pyrrole nitrogens is 1. The van der Waals surface area contributed by atoms with Gasteiger partial charge in [0, 0.05) is 48.5 Å². The van der Waals surface area contributed by atoms with Gasteiger partial charge in [-0.1, -0.05) is 30.8 Å². The second-order valence-corrected chi connectivity index (χ2v) is 9.33. The molecule has 0 amide bonds. The number of aromatic nitrogens is 4. The van der Waals surface area contributed by atoms with Gasteiger partial charge in [0.25, 0.3) is 0 Å². The number of thiazole rings is 1. The van der Waals surface area contributed by atoms with Gasteiger partial charge in [0.1, 0.15) is 16.4 Å². The number of benzene rings is 1. The summed E-state index contributed by atoms with van der Waals surface area (Å²) in [6.07, 6.45) is 3.69. The Morgan fingerprint density at radius 3 is 2.71 bits per heavy atom. The standard InChI is InChI=1S/C24H26N6S/c1-14-7-5-9-19-20(14)28-29-22(19)24-27-21(23(31-24)18-8-6-10-25-11-18)17(4)30-12-15(2)26-16(3)13-30/h5-11,15-16,26H,4,12-13H2,1-3H3,(H,28,29). The van der Waals surface area contributed by atoms with Crippen molar-refractivity contribution in [3.8, 4) is 21.1 Å². The van der Waals surface area contributed by atoms with E-state index in [2.05, 4.69) is 77.0 Å². The van der Waals surface area contributed by atoms with Crippen molar-refractivity contribution >= 4 is 27.9 Å². The fourth-order valence-corrected chi connectivity index (χ4v) is 5.44. The quantitative estimate of drug-likeness (QED) is 0.491. The number of para-hydroxylation sites is 1. The highest BCUT2D eigenvalue weighted by atomic mass is 32.1. The topological polar surface area (TPSA) is 69.7 Å². The number of aryl methyl sites for hydroxylation is 1. The molecule has 0 saturated carbocycles. The summed E-state index contributed by atoms with van der Waals surface area (Å²) in [5.41, 5.74) is 6.03. The second kappa shape index (κ2) is 7.90. The molecule has 31 heavy (non-hydrogen) atoms. The maximum atomic E-state index is 5.09. The third kappa shape index (κ3) is 3.64. The molecule has 4 aromatic rings. The highest BCUT2D eigenvalue weighted by molar-refractivity contribution is 7.18. The molecule has 4 heterocycles. The Morgan fingerprint density at radius 1 is 1.16 bits per heavy atom. The van der Waals surface area contributed by atoms with Crippen LogP contribution >= 0.6 is 11.3 Å². The van der Waals surface area contributed by atoms with Crippen molar-refractivity contribution in [2.45, 2.75) is 32.9 Å². The van der Waals surface area contributed by atoms with Crippen LogP contribution < -0.4 is 5.32 Å². The number of nitrogens with zero attached hydrogens (tertiary/aromatic N) is 4. The number of piperazine rings is 1. The van der Waals surface area contributed by atoms with Crippen LogP contribution in [0.3, 0.4) is 0 Å². The number of pyridine rings is 1. The molecule has 1 saturated heterocycles. The molecule has 2 atom stereocenters. The fraction of sp³-hybridized carbons (Fsp3) is 0.292. The smallest absolute Gasteiger partial charge is 0.143 e. The largest absolute Gasteiger partial charge is 0.367 e. The Kier molecular flexibility index (Phi) is 5.08. The van der Waals surface area contributed by atoms with Gasteiger partial charge in [-0.2, -0.15) is 5.10 Å². The number of hydrogen-bond acceptors (Lipinski definition) is 6. The van der Waals surface area contributed by atoms with Crippen molar-refractivity contribution in [3.63, 3.8) is 0 Å². The average Bonchev–Trinajstić information content (AvgIpc) is 3.38. The van der Waals surface area contributed by atoms with Gasteiger partial charge in [0.2, 0.25) is 0 Å². The van der Waals surface area contributed by atoms with E-state index in [1.54, 1.807) is 17.5 Å². The first kappa shape index (κ1) is 19.9. The zero-order valence-electron chi connectivity index (χ0n) is 18.0. The summed E-state index contributed by atoms with van der Waals surface area (Å²) in [7, 11) is 0. The van der Waals surface area contributed by atoms with Crippen LogP contribution in [0.5, 0.6) is 0 Å². The van der Waals surface area contributed by atoms with Gasteiger partial charge in [-0.25, -0.2) is 4.98 Å². The third-order valence-electron chi connectivity index (χ3n) is 5.76. The minimum Gasteiger partial charge on any atom is -0.367 e. The van der Waals surface area contributed by atoms with E-state index in [1.165, 1.54) is 0 Å². The molecule has 7 heteroatoms. The van der Waals surface area contributed by atoms with Crippen molar-refractivity contribution in [3.05, 3.63) is 60.6 Å². The molecule has 0 bridgehead atoms. The third-order valence-corrected chi connectivity index (χ3v) is 6.89. The van der Waals surface area contributed by atoms with E-state index in [-0.39, 0.29) is 0 Å². The first-order valence-electron chi connectivity index (χ1n) is 10.6. The van der Waals surface area contributed by atoms with Gasteiger partial charge in [-0.3, -0.25) is 10.1 Å². The van der Waals surface area contributed by atoms with Gasteiger partial charge < -0.3 is 10.2 Å². The van der Waals surface area contributed by atoms with E-state index < -0.39 is 0 Å². The van der Waals surface area contributed by atoms with Crippen LogP contribution in [0.1, 0.15) is 25.1 Å². The van der Waals surface area contributed by atoms with Crippen molar-refractivity contribution in [2.24, 2.45) is 0 Å². The molecule has 1 fully saturated rings. The molecule has 2 unspecified atom stereocenters. The summed E-state index contributed by atoms with van der Waals surface area (Å²) in [5.74, 6) is 0. The van der Waals surface area contributed by atoms with Crippen LogP contribution in [0.15, 0.2) is 49.3 Å². The first-order chi connectivity index (χ1) is 15.0. The molecule has 158 valence electrons. The van der Waals surface area contributed by atoms with E-state index in [0.717, 1.165) is 62.1 Å². The second-order valence-electron chi connectivity index (χ2n) is 8.33. The lowest BCUT2D eigenvalue weighted by Gasteiger charge is -2.38. The molecule has 1 aliphatic heterocycles. The monoisotopic (exact) mass is 430 g/mol. The Labute approximate surface area is 186 Å². The maximum Gasteiger partial charge on any atom is 0.143 e. The molecule has 3 aromatic heterocycles. The minimum absolute atomic E-state index is 0.403. The Hall–Kier alpha value is -3.03. The SMILES string of the molecule is C=C(c1nc(-c2[nH]nc3c(C)cccc23)sc1-c1cccnc1)N1CC(C)NC(C)C1. The normalized spacial score (nSPS) is 19.1. The van der Waals surface area contributed by atoms with Crippen LogP contribution in [-0.4, -0.2) is 50.2 Å². The number of rotatable bonds is 4. The first-order valence-corrected chi connectivity index (χ1v) is 11.4. The summed E-state index contributed by atoms with van der Waals surface area (Å²) in [4.78, 5) is 12.9. The molecule has 1 aromatic carbocycles. The lowest BCUT2D eigenvalue weighted by Crippen LogP contribution is -2.53. The van der Waals surface area contributed by atoms with Crippen molar-refractivity contribution in [1.82, 2.24) is 30.4 Å². The lowest BCUT2D eigenvalue weighted by molar-refractivity contribution is 0.243. The Morgan fingerprint density at radius 2 is 1.97 bits per heavy atom. The molecule has 0 radical (unpaired) electrons. The molecular formula is C24H26N6S. The van der Waals surface area contributed by atoms with Crippen LogP contribution in [0.2, 0.25) is 0 Å². The van der Waals surface area contributed by atoms with E-state index in [4.69, 9.17) is 4.98 Å². The van der Waals surface area contributed by atoms with Gasteiger partial charge in [-0.05, 0) is 32.4 Å². The van der Waals surface area contributed by atoms with Gasteiger partial charge in [-0.15, -0.1) is 11.3 Å². The van der Waals surface area contributed by atoms with Gasteiger partial charge >= 0.3 is 0 Å². The lowest BCUT2D eigenvalue weighted by atomic mass is 10.1. The van der Waals surface area contributed by atoms with Crippen molar-refractivity contribution < 1.29 is 0 Å². The van der Waals surface area contributed by atoms with E-state index in [0.29, 0.717) is 12.1 Å². The predicted octanol–water partition coefficient (Wildman–Crippen LogP) is 4.71. The van der Waals surface area contributed by atoms with E-state index >= 15 is 0 Å². The highest BCUT2D eigenvalue weighted by Gasteiger charge is 2.27. The molecular weight excluding hydrogens is 404 g/mol. The predicted molar refractivity (Wildman–Crippen MR) is 128 cm³/mol. The Bertz CT molecular complexity index is 1230. The van der Waals surface area contributed by atoms with Gasteiger partial charge in [0.05, 0.1) is 16.1 Å². The van der Waals surface area contributed by atoms with E-state index in [1.807, 2.05) is 12.3 Å². The summed E-state index contributed by atoms with van der Waals surface area (Å²) in [6.45, 7) is 12.8. The molecule has 0 spiro atoms. The maximum absolute atomic E-state index is 5.09. The van der Waals surface area contributed by atoms with Crippen LogP contribution in [0, 0.1) is 6.92 Å². The molecule has 5 rings (SSSR count). The van der Waals surface area contributed by atoms with Crippen LogP contribution in [-0.2, 0) is 0 Å². The van der Waals surface area contributed by atoms with Crippen LogP contribution in [0.25, 0.3) is 37.7 Å². The molecule has 0 aliphatic carbocycles. The highest BCUT2D eigenvalue weighted by Crippen LogP contribution is 2.40. The Balaban J connectivity index is 1.62. The molecule has 6 nitrogen and oxygen atoms in total. The number of aromatic amines is 1. The van der Waals surface area contributed by atoms with Crippen LogP contribution in [0.4, 0.5) is 0 Å². The molecule has 2 N–H and O–H groups in total. The average molecular weight is 431 g/mol. The van der Waals surface area contributed by atoms with E-state index in [9.17, 15) is 0 Å². The summed E-state index contributed by atoms with van der Waals surface area (Å²) in [5, 5.41) is 13.4. The number of nitrogens with one attached hydrogen (secondary N) is 2. The van der Waals surface area contributed by atoms with Crippen molar-refractivity contribution in [2.75, 3.05) is 13.1 Å². The summed E-state index contributed by atoms with van der Waals surface area (Å²) in [6, 6.07) is 11.1. The van der Waals surface area contributed by atoms with Crippen molar-refractivity contribution in [1.29, 1.82) is 0 Å². The number of hydrogen-bond donors (Lipinski definition) is 2. The summed E-state index contributed by atoms with van der Waals surface area (Å²) >= 11 is 1.66. The fourth-order valence-electron chi connectivity index (χ4n) is 4.36. The number of fused-ring (bicyclic) bond motifs is 1. The van der Waals surface area contributed by atoms with Gasteiger partial charge in [0.15, 0.2) is 0 Å². The minimum atomic E-state index is 0.403. The summed E-state index contributed by atoms with van der Waals surface area (Å²) < 4.78 is 0. The zero-order chi connectivity index (χ0) is 21.5. The zero-order valence-corrected chi connectivity index (χ0v) is 18.8. The molecule has 1 aliphatic rings.